The van der Waals surface area contributed by atoms with Gasteiger partial charge in [0.15, 0.2) is 0 Å². The van der Waals surface area contributed by atoms with Gasteiger partial charge >= 0.3 is 0 Å². The van der Waals surface area contributed by atoms with Crippen LogP contribution in [0.2, 0.25) is 0 Å². The van der Waals surface area contributed by atoms with Crippen LogP contribution >= 0.6 is 0 Å². The van der Waals surface area contributed by atoms with Crippen molar-refractivity contribution in [3.05, 3.63) is 59.9 Å². The highest BCUT2D eigenvalue weighted by molar-refractivity contribution is 5.24. The van der Waals surface area contributed by atoms with Crippen molar-refractivity contribution < 1.29 is 0 Å². The quantitative estimate of drug-likeness (QED) is 0.868. The molecule has 3 rings (SSSR count). The van der Waals surface area contributed by atoms with Crippen LogP contribution in [0.1, 0.15) is 17.3 Å². The summed E-state index contributed by atoms with van der Waals surface area (Å²) in [5.41, 5.74) is 2.44. The molecule has 22 heavy (non-hydrogen) atoms. The van der Waals surface area contributed by atoms with Crippen molar-refractivity contribution in [3.63, 3.8) is 0 Å². The molecule has 114 valence electrons. The molecule has 4 nitrogen and oxygen atoms in total. The standard InChI is InChI=1S/C18H22N4/c1-20-9-5-8-17(20)15-21-10-12-22(13-11-21)18(14-19)16-6-3-2-4-7-16/h2-9,18H,10-13,15H2,1H3. The maximum Gasteiger partial charge on any atom is 0.123 e. The van der Waals surface area contributed by atoms with E-state index in [4.69, 9.17) is 0 Å². The molecule has 0 saturated carbocycles. The van der Waals surface area contributed by atoms with Crippen LogP contribution in [-0.4, -0.2) is 40.5 Å². The van der Waals surface area contributed by atoms with Gasteiger partial charge in [-0.2, -0.15) is 5.26 Å². The third kappa shape index (κ3) is 3.22. The highest BCUT2D eigenvalue weighted by atomic mass is 15.3. The Morgan fingerprint density at radius 2 is 1.77 bits per heavy atom. The molecular weight excluding hydrogens is 272 g/mol. The molecule has 0 bridgehead atoms. The van der Waals surface area contributed by atoms with Crippen LogP contribution in [0.3, 0.4) is 0 Å². The van der Waals surface area contributed by atoms with Gasteiger partial charge in [-0.25, -0.2) is 0 Å². The van der Waals surface area contributed by atoms with Gasteiger partial charge in [-0.1, -0.05) is 30.3 Å². The Kier molecular flexibility index (Phi) is 4.57. The molecule has 1 atom stereocenters. The lowest BCUT2D eigenvalue weighted by molar-refractivity contribution is 0.108. The van der Waals surface area contributed by atoms with Crippen molar-refractivity contribution in [2.45, 2.75) is 12.6 Å². The number of rotatable bonds is 4. The fraction of sp³-hybridized carbons (Fsp3) is 0.389. The topological polar surface area (TPSA) is 35.2 Å². The van der Waals surface area contributed by atoms with Crippen LogP contribution in [0.15, 0.2) is 48.7 Å². The zero-order valence-corrected chi connectivity index (χ0v) is 13.0. The van der Waals surface area contributed by atoms with Crippen molar-refractivity contribution in [2.24, 2.45) is 7.05 Å². The van der Waals surface area contributed by atoms with Crippen molar-refractivity contribution in [2.75, 3.05) is 26.2 Å². The summed E-state index contributed by atoms with van der Waals surface area (Å²) < 4.78 is 2.18. The Balaban J connectivity index is 1.59. The Morgan fingerprint density at radius 1 is 1.05 bits per heavy atom. The van der Waals surface area contributed by atoms with Crippen molar-refractivity contribution in [3.8, 4) is 6.07 Å². The fourth-order valence-electron chi connectivity index (χ4n) is 3.07. The normalized spacial score (nSPS) is 18.0. The highest BCUT2D eigenvalue weighted by Crippen LogP contribution is 2.21. The van der Waals surface area contributed by atoms with Gasteiger partial charge < -0.3 is 4.57 Å². The maximum atomic E-state index is 9.53. The van der Waals surface area contributed by atoms with E-state index in [2.05, 4.69) is 45.8 Å². The summed E-state index contributed by atoms with van der Waals surface area (Å²) in [5.74, 6) is 0. The van der Waals surface area contributed by atoms with Crippen LogP contribution in [-0.2, 0) is 13.6 Å². The minimum absolute atomic E-state index is 0.126. The molecule has 1 saturated heterocycles. The molecule has 2 heterocycles. The van der Waals surface area contributed by atoms with Gasteiger partial charge in [0.1, 0.15) is 6.04 Å². The second-order valence-corrected chi connectivity index (χ2v) is 5.86. The van der Waals surface area contributed by atoms with E-state index in [9.17, 15) is 5.26 Å². The van der Waals surface area contributed by atoms with Gasteiger partial charge in [0, 0.05) is 51.7 Å². The van der Waals surface area contributed by atoms with E-state index in [0.29, 0.717) is 0 Å². The zero-order valence-electron chi connectivity index (χ0n) is 13.0. The highest BCUT2D eigenvalue weighted by Gasteiger charge is 2.24. The van der Waals surface area contributed by atoms with Gasteiger partial charge in [0.2, 0.25) is 0 Å². The number of aryl methyl sites for hydroxylation is 1. The summed E-state index contributed by atoms with van der Waals surface area (Å²) in [4.78, 5) is 4.75. The second kappa shape index (κ2) is 6.78. The first-order chi connectivity index (χ1) is 10.8. The van der Waals surface area contributed by atoms with E-state index in [1.807, 2.05) is 30.3 Å². The van der Waals surface area contributed by atoms with Crippen molar-refractivity contribution >= 4 is 0 Å². The van der Waals surface area contributed by atoms with Gasteiger partial charge in [-0.3, -0.25) is 9.80 Å². The van der Waals surface area contributed by atoms with E-state index < -0.39 is 0 Å². The third-order valence-electron chi connectivity index (χ3n) is 4.45. The zero-order chi connectivity index (χ0) is 15.4. The molecule has 0 radical (unpaired) electrons. The van der Waals surface area contributed by atoms with Gasteiger partial charge in [0.05, 0.1) is 6.07 Å². The average Bonchev–Trinajstić information content (AvgIpc) is 2.96. The lowest BCUT2D eigenvalue weighted by atomic mass is 10.1. The Bertz CT molecular complexity index is 633. The lowest BCUT2D eigenvalue weighted by Gasteiger charge is -2.37. The predicted octanol–water partition coefficient (Wildman–Crippen LogP) is 2.41. The molecule has 1 unspecified atom stereocenters. The van der Waals surface area contributed by atoms with Crippen LogP contribution in [0.4, 0.5) is 0 Å². The van der Waals surface area contributed by atoms with E-state index >= 15 is 0 Å². The molecule has 4 heteroatoms. The summed E-state index contributed by atoms with van der Waals surface area (Å²) in [5, 5.41) is 9.53. The summed E-state index contributed by atoms with van der Waals surface area (Å²) in [6.07, 6.45) is 2.09. The fourth-order valence-corrected chi connectivity index (χ4v) is 3.07. The van der Waals surface area contributed by atoms with E-state index in [1.54, 1.807) is 0 Å². The number of nitrogens with zero attached hydrogens (tertiary/aromatic N) is 4. The van der Waals surface area contributed by atoms with Crippen LogP contribution in [0.5, 0.6) is 0 Å². The first-order valence-electron chi connectivity index (χ1n) is 7.79. The molecule has 0 N–H and O–H groups in total. The summed E-state index contributed by atoms with van der Waals surface area (Å²) in [7, 11) is 2.09. The molecule has 0 spiro atoms. The summed E-state index contributed by atoms with van der Waals surface area (Å²) in [6, 6.07) is 16.7. The Hall–Kier alpha value is -2.09. The number of aromatic nitrogens is 1. The molecule has 1 aromatic heterocycles. The molecule has 1 aliphatic heterocycles. The van der Waals surface area contributed by atoms with Gasteiger partial charge in [0.25, 0.3) is 0 Å². The van der Waals surface area contributed by atoms with Crippen LogP contribution in [0.25, 0.3) is 0 Å². The Morgan fingerprint density at radius 3 is 2.36 bits per heavy atom. The van der Waals surface area contributed by atoms with E-state index in [-0.39, 0.29) is 6.04 Å². The monoisotopic (exact) mass is 294 g/mol. The van der Waals surface area contributed by atoms with Crippen LogP contribution in [0, 0.1) is 11.3 Å². The molecule has 1 aromatic carbocycles. The molecule has 2 aromatic rings. The van der Waals surface area contributed by atoms with Crippen molar-refractivity contribution in [1.82, 2.24) is 14.4 Å². The van der Waals surface area contributed by atoms with Gasteiger partial charge in [-0.05, 0) is 17.7 Å². The molecule has 0 amide bonds. The SMILES string of the molecule is Cn1cccc1CN1CCN(C(C#N)c2ccccc2)CC1. The minimum Gasteiger partial charge on any atom is -0.353 e. The van der Waals surface area contributed by atoms with Crippen LogP contribution < -0.4 is 0 Å². The molecule has 0 aliphatic carbocycles. The summed E-state index contributed by atoms with van der Waals surface area (Å²) in [6.45, 7) is 4.89. The number of hydrogen-bond acceptors (Lipinski definition) is 3. The van der Waals surface area contributed by atoms with E-state index in [0.717, 1.165) is 38.3 Å². The molecule has 1 fully saturated rings. The van der Waals surface area contributed by atoms with Gasteiger partial charge in [-0.15, -0.1) is 0 Å². The molecule has 1 aliphatic rings. The first-order valence-corrected chi connectivity index (χ1v) is 7.79. The lowest BCUT2D eigenvalue weighted by Crippen LogP contribution is -2.47. The summed E-state index contributed by atoms with van der Waals surface area (Å²) >= 11 is 0. The first kappa shape index (κ1) is 14.8. The maximum absolute atomic E-state index is 9.53. The number of hydrogen-bond donors (Lipinski definition) is 0. The third-order valence-corrected chi connectivity index (χ3v) is 4.45. The largest absolute Gasteiger partial charge is 0.353 e. The number of benzene rings is 1. The average molecular weight is 294 g/mol. The molecular formula is C18H22N4. The predicted molar refractivity (Wildman–Crippen MR) is 87.1 cm³/mol. The number of piperazine rings is 1. The number of nitriles is 1. The van der Waals surface area contributed by atoms with Crippen molar-refractivity contribution in [1.29, 1.82) is 5.26 Å². The van der Waals surface area contributed by atoms with E-state index in [1.165, 1.54) is 5.69 Å². The Labute approximate surface area is 132 Å². The smallest absolute Gasteiger partial charge is 0.123 e. The second-order valence-electron chi connectivity index (χ2n) is 5.86. The minimum atomic E-state index is -0.126.